The van der Waals surface area contributed by atoms with E-state index in [1.807, 2.05) is 0 Å². The summed E-state index contributed by atoms with van der Waals surface area (Å²) >= 11 is 0. The van der Waals surface area contributed by atoms with Gasteiger partial charge in [-0.3, -0.25) is 0 Å². The van der Waals surface area contributed by atoms with Gasteiger partial charge in [-0.15, -0.1) is 0 Å². The summed E-state index contributed by atoms with van der Waals surface area (Å²) in [6.45, 7) is 13.6. The zero-order valence-electron chi connectivity index (χ0n) is 15.7. The highest BCUT2D eigenvalue weighted by Gasteiger charge is 2.40. The van der Waals surface area contributed by atoms with Crippen molar-refractivity contribution in [2.45, 2.75) is 59.4 Å². The highest BCUT2D eigenvalue weighted by atomic mass is 28.4. The van der Waals surface area contributed by atoms with Crippen molar-refractivity contribution < 1.29 is 27.5 Å². The summed E-state index contributed by atoms with van der Waals surface area (Å²) in [4.78, 5) is 11.2. The monoisotopic (exact) mass is 362 g/mol. The Labute approximate surface area is 147 Å². The van der Waals surface area contributed by atoms with Crippen LogP contribution in [0.4, 0.5) is 0 Å². The molecular formula is C17H34O6Si. The zero-order chi connectivity index (χ0) is 18.3. The van der Waals surface area contributed by atoms with Gasteiger partial charge in [0, 0.05) is 31.4 Å². The predicted octanol–water partition coefficient (Wildman–Crippen LogP) is 3.69. The van der Waals surface area contributed by atoms with Crippen LogP contribution in [0.3, 0.4) is 0 Å². The molecule has 0 bridgehead atoms. The van der Waals surface area contributed by atoms with Crippen molar-refractivity contribution in [3.05, 3.63) is 12.2 Å². The minimum absolute atomic E-state index is 0.0678. The molecule has 0 aromatic rings. The number of hydrogen-bond acceptors (Lipinski definition) is 6. The molecule has 0 aromatic carbocycles. The summed E-state index contributed by atoms with van der Waals surface area (Å²) in [6.07, 6.45) is 3.50. The van der Waals surface area contributed by atoms with Crippen molar-refractivity contribution in [2.75, 3.05) is 33.2 Å². The van der Waals surface area contributed by atoms with Crippen LogP contribution in [0.2, 0.25) is 6.04 Å². The summed E-state index contributed by atoms with van der Waals surface area (Å²) in [5.74, 6) is -0.442. The van der Waals surface area contributed by atoms with E-state index in [1.54, 1.807) is 6.92 Å². The standard InChI is InChI=1S/C17H34O6Si/c1-6-10-21-24(22-11-7-2,23-12-8-3)14-9-13-19-15-20-17(18)16(4)5/h4,6-15H2,1-3,5H3. The number of ether oxygens (including phenoxy) is 2. The van der Waals surface area contributed by atoms with E-state index in [4.69, 9.17) is 22.8 Å². The molecule has 0 saturated carbocycles. The topological polar surface area (TPSA) is 63.2 Å². The van der Waals surface area contributed by atoms with Crippen molar-refractivity contribution in [1.82, 2.24) is 0 Å². The molecule has 24 heavy (non-hydrogen) atoms. The van der Waals surface area contributed by atoms with Crippen molar-refractivity contribution in [1.29, 1.82) is 0 Å². The van der Waals surface area contributed by atoms with Gasteiger partial charge in [0.2, 0.25) is 0 Å². The van der Waals surface area contributed by atoms with Gasteiger partial charge in [-0.05, 0) is 32.6 Å². The minimum atomic E-state index is -2.66. The normalized spacial score (nSPS) is 11.5. The van der Waals surface area contributed by atoms with E-state index in [2.05, 4.69) is 27.4 Å². The molecule has 0 saturated heterocycles. The molecule has 0 aromatic heterocycles. The van der Waals surface area contributed by atoms with Gasteiger partial charge in [-0.2, -0.15) is 0 Å². The molecule has 0 N–H and O–H groups in total. The molecule has 0 aliphatic heterocycles. The van der Waals surface area contributed by atoms with Gasteiger partial charge in [0.1, 0.15) is 0 Å². The van der Waals surface area contributed by atoms with Gasteiger partial charge in [0.25, 0.3) is 0 Å². The molecule has 7 heteroatoms. The molecule has 0 aliphatic rings. The third-order valence-electron chi connectivity index (χ3n) is 2.97. The fraction of sp³-hybridized carbons (Fsp3) is 0.824. The van der Waals surface area contributed by atoms with Crippen LogP contribution < -0.4 is 0 Å². The Kier molecular flexibility index (Phi) is 14.2. The van der Waals surface area contributed by atoms with Gasteiger partial charge in [0.15, 0.2) is 6.79 Å². The van der Waals surface area contributed by atoms with Crippen molar-refractivity contribution >= 4 is 14.8 Å². The maximum Gasteiger partial charge on any atom is 0.501 e. The van der Waals surface area contributed by atoms with Crippen LogP contribution in [0.25, 0.3) is 0 Å². The lowest BCUT2D eigenvalue weighted by atomic mass is 10.4. The molecule has 0 atom stereocenters. The Morgan fingerprint density at radius 2 is 1.42 bits per heavy atom. The third-order valence-corrected chi connectivity index (χ3v) is 5.87. The number of carbonyl (C=O) groups excluding carboxylic acids is 1. The van der Waals surface area contributed by atoms with E-state index in [-0.39, 0.29) is 6.79 Å². The summed E-state index contributed by atoms with van der Waals surface area (Å²) in [5, 5.41) is 0. The Morgan fingerprint density at radius 3 is 1.83 bits per heavy atom. The average molecular weight is 363 g/mol. The molecule has 6 nitrogen and oxygen atoms in total. The second-order valence-electron chi connectivity index (χ2n) is 5.57. The Hall–Kier alpha value is -0.733. The molecule has 0 amide bonds. The summed E-state index contributed by atoms with van der Waals surface area (Å²) in [7, 11) is -2.66. The van der Waals surface area contributed by atoms with Gasteiger partial charge >= 0.3 is 14.8 Å². The fourth-order valence-corrected chi connectivity index (χ4v) is 4.59. The number of rotatable bonds is 16. The SMILES string of the molecule is C=C(C)C(=O)OCOCCC[Si](OCCC)(OCCC)OCCC. The lowest BCUT2D eigenvalue weighted by molar-refractivity contribution is -0.151. The smallest absolute Gasteiger partial charge is 0.435 e. The number of esters is 1. The third kappa shape index (κ3) is 10.9. The average Bonchev–Trinajstić information content (AvgIpc) is 2.58. The van der Waals surface area contributed by atoms with Crippen LogP contribution in [0.5, 0.6) is 0 Å². The Balaban J connectivity index is 4.30. The number of carbonyl (C=O) groups is 1. The van der Waals surface area contributed by atoms with E-state index < -0.39 is 14.8 Å². The van der Waals surface area contributed by atoms with Gasteiger partial charge in [-0.1, -0.05) is 27.4 Å². The first kappa shape index (κ1) is 23.3. The fourth-order valence-electron chi connectivity index (χ4n) is 1.78. The number of hydrogen-bond donors (Lipinski definition) is 0. The molecule has 0 aliphatic carbocycles. The largest absolute Gasteiger partial charge is 0.501 e. The zero-order valence-corrected chi connectivity index (χ0v) is 16.7. The van der Waals surface area contributed by atoms with Crippen molar-refractivity contribution in [3.8, 4) is 0 Å². The predicted molar refractivity (Wildman–Crippen MR) is 95.6 cm³/mol. The first-order valence-corrected chi connectivity index (χ1v) is 10.8. The Morgan fingerprint density at radius 1 is 0.917 bits per heavy atom. The maximum atomic E-state index is 11.2. The summed E-state index contributed by atoms with van der Waals surface area (Å²) in [6, 6.07) is 0.696. The summed E-state index contributed by atoms with van der Waals surface area (Å²) in [5.41, 5.74) is 0.360. The van der Waals surface area contributed by atoms with E-state index in [0.717, 1.165) is 25.7 Å². The molecule has 0 spiro atoms. The quantitative estimate of drug-likeness (QED) is 0.137. The molecular weight excluding hydrogens is 328 g/mol. The van der Waals surface area contributed by atoms with Crippen LogP contribution in [-0.4, -0.2) is 48.0 Å². The van der Waals surface area contributed by atoms with Gasteiger partial charge < -0.3 is 22.8 Å². The van der Waals surface area contributed by atoms with E-state index in [9.17, 15) is 4.79 Å². The van der Waals surface area contributed by atoms with Crippen LogP contribution in [0.1, 0.15) is 53.4 Å². The van der Waals surface area contributed by atoms with Crippen LogP contribution >= 0.6 is 0 Å². The second kappa shape index (κ2) is 14.6. The van der Waals surface area contributed by atoms with E-state index in [1.165, 1.54) is 0 Å². The maximum absolute atomic E-state index is 11.2. The van der Waals surface area contributed by atoms with Crippen LogP contribution in [0.15, 0.2) is 12.2 Å². The molecule has 0 unspecified atom stereocenters. The molecule has 0 heterocycles. The van der Waals surface area contributed by atoms with E-state index in [0.29, 0.717) is 38.0 Å². The lowest BCUT2D eigenvalue weighted by Crippen LogP contribution is -2.46. The minimum Gasteiger partial charge on any atom is -0.435 e. The Bertz CT molecular complexity index is 326. The lowest BCUT2D eigenvalue weighted by Gasteiger charge is -2.29. The molecule has 0 rings (SSSR count). The highest BCUT2D eigenvalue weighted by molar-refractivity contribution is 6.60. The van der Waals surface area contributed by atoms with E-state index >= 15 is 0 Å². The first-order chi connectivity index (χ1) is 11.5. The van der Waals surface area contributed by atoms with Crippen LogP contribution in [-0.2, 0) is 27.5 Å². The van der Waals surface area contributed by atoms with Gasteiger partial charge in [-0.25, -0.2) is 4.79 Å². The molecule has 142 valence electrons. The van der Waals surface area contributed by atoms with Gasteiger partial charge in [0.05, 0.1) is 6.61 Å². The van der Waals surface area contributed by atoms with Crippen molar-refractivity contribution in [3.63, 3.8) is 0 Å². The van der Waals surface area contributed by atoms with Crippen molar-refractivity contribution in [2.24, 2.45) is 0 Å². The summed E-state index contributed by atoms with van der Waals surface area (Å²) < 4.78 is 28.2. The highest BCUT2D eigenvalue weighted by Crippen LogP contribution is 2.19. The van der Waals surface area contributed by atoms with Crippen LogP contribution in [0, 0.1) is 0 Å². The first-order valence-electron chi connectivity index (χ1n) is 8.83. The second-order valence-corrected chi connectivity index (χ2v) is 8.30. The molecule has 0 radical (unpaired) electrons. The molecule has 0 fully saturated rings.